The van der Waals surface area contributed by atoms with Crippen LogP contribution in [-0.4, -0.2) is 33.4 Å². The number of nitrogens with one attached hydrogen (secondary N) is 1. The smallest absolute Gasteiger partial charge is 0.334 e. The van der Waals surface area contributed by atoms with Gasteiger partial charge in [-0.1, -0.05) is 44.2 Å². The maximum atomic E-state index is 13.7. The summed E-state index contributed by atoms with van der Waals surface area (Å²) in [5.41, 5.74) is -0.390. The van der Waals surface area contributed by atoms with Gasteiger partial charge < -0.3 is 15.2 Å². The van der Waals surface area contributed by atoms with Crippen LogP contribution in [0, 0.1) is 6.92 Å². The van der Waals surface area contributed by atoms with Gasteiger partial charge in [-0.25, -0.2) is 4.79 Å². The molecule has 1 amide bonds. The first-order valence-electron chi connectivity index (χ1n) is 12.2. The van der Waals surface area contributed by atoms with E-state index in [4.69, 9.17) is 16.3 Å². The van der Waals surface area contributed by atoms with Crippen LogP contribution in [0.5, 0.6) is 5.75 Å². The van der Waals surface area contributed by atoms with Crippen LogP contribution in [0.3, 0.4) is 0 Å². The number of nitrogens with zero attached hydrogens (tertiary/aromatic N) is 1. The number of carboxylic acids is 1. The molecular weight excluding hydrogens is 496 g/mol. The fourth-order valence-corrected chi connectivity index (χ4v) is 4.91. The molecule has 37 heavy (non-hydrogen) atoms. The van der Waals surface area contributed by atoms with Crippen LogP contribution in [0.1, 0.15) is 74.5 Å². The number of halogens is 1. The lowest BCUT2D eigenvalue weighted by Crippen LogP contribution is -2.51. The molecule has 9 heteroatoms. The predicted octanol–water partition coefficient (Wildman–Crippen LogP) is 5.60. The van der Waals surface area contributed by atoms with E-state index in [-0.39, 0.29) is 17.7 Å². The molecule has 1 unspecified atom stereocenters. The van der Waals surface area contributed by atoms with Gasteiger partial charge in [0, 0.05) is 41.1 Å². The molecule has 1 aromatic heterocycles. The first kappa shape index (κ1) is 27.9. The number of unbranched alkanes of at least 4 members (excludes halogenated alkanes) is 3. The Morgan fingerprint density at radius 3 is 2.27 bits per heavy atom. The Hall–Kier alpha value is -3.65. The first-order valence-corrected chi connectivity index (χ1v) is 12.6. The second kappa shape index (κ2) is 11.6. The van der Waals surface area contributed by atoms with Crippen molar-refractivity contribution in [3.05, 3.63) is 64.3 Å². The Labute approximate surface area is 220 Å². The third-order valence-electron chi connectivity index (χ3n) is 6.32. The van der Waals surface area contributed by atoms with Crippen molar-refractivity contribution < 1.29 is 29.0 Å². The second-order valence-electron chi connectivity index (χ2n) is 9.08. The van der Waals surface area contributed by atoms with Crippen molar-refractivity contribution in [2.24, 2.45) is 0 Å². The number of benzene rings is 2. The molecule has 0 saturated heterocycles. The van der Waals surface area contributed by atoms with Gasteiger partial charge in [-0.2, -0.15) is 0 Å². The van der Waals surface area contributed by atoms with E-state index in [1.807, 2.05) is 0 Å². The summed E-state index contributed by atoms with van der Waals surface area (Å²) in [7, 11) is 0. The van der Waals surface area contributed by atoms with Crippen molar-refractivity contribution in [3.63, 3.8) is 0 Å². The molecule has 1 heterocycles. The molecule has 3 aromatic rings. The number of rotatable bonds is 10. The van der Waals surface area contributed by atoms with Crippen LogP contribution < -0.4 is 10.1 Å². The second-order valence-corrected chi connectivity index (χ2v) is 9.52. The maximum Gasteiger partial charge on any atom is 0.334 e. The van der Waals surface area contributed by atoms with Gasteiger partial charge in [0.05, 0.1) is 5.52 Å². The lowest BCUT2D eigenvalue weighted by atomic mass is 9.82. The van der Waals surface area contributed by atoms with E-state index in [0.717, 1.165) is 19.3 Å². The third-order valence-corrected chi connectivity index (χ3v) is 6.57. The SMILES string of the molecule is CCCCCCC(NC(C)=O)(C(=O)O)c1c(C)n(C(=O)c2ccc(Cl)cc2)c2ccc(OC(C)=O)cc12. The van der Waals surface area contributed by atoms with Crippen LogP contribution in [-0.2, 0) is 19.9 Å². The minimum absolute atomic E-state index is 0.120. The van der Waals surface area contributed by atoms with Gasteiger partial charge in [-0.15, -0.1) is 0 Å². The van der Waals surface area contributed by atoms with E-state index in [0.29, 0.717) is 33.6 Å². The van der Waals surface area contributed by atoms with Gasteiger partial charge in [0.25, 0.3) is 5.91 Å². The molecule has 0 saturated carbocycles. The molecule has 0 aliphatic carbocycles. The van der Waals surface area contributed by atoms with Gasteiger partial charge >= 0.3 is 11.9 Å². The van der Waals surface area contributed by atoms with Crippen molar-refractivity contribution in [1.29, 1.82) is 0 Å². The molecular formula is C28H31ClN2O6. The molecule has 0 spiro atoms. The average Bonchev–Trinajstić information content (AvgIpc) is 3.11. The zero-order valence-electron chi connectivity index (χ0n) is 21.4. The lowest BCUT2D eigenvalue weighted by molar-refractivity contribution is -0.148. The summed E-state index contributed by atoms with van der Waals surface area (Å²) in [4.78, 5) is 50.6. The number of hydrogen-bond donors (Lipinski definition) is 2. The Morgan fingerprint density at radius 1 is 1.03 bits per heavy atom. The number of ether oxygens (including phenoxy) is 1. The zero-order chi connectivity index (χ0) is 27.3. The fourth-order valence-electron chi connectivity index (χ4n) is 4.78. The highest BCUT2D eigenvalue weighted by molar-refractivity contribution is 6.30. The number of carbonyl (C=O) groups is 4. The van der Waals surface area contributed by atoms with E-state index in [1.54, 1.807) is 43.3 Å². The zero-order valence-corrected chi connectivity index (χ0v) is 22.1. The van der Waals surface area contributed by atoms with Crippen molar-refractivity contribution in [1.82, 2.24) is 9.88 Å². The number of aliphatic carboxylic acids is 1. The average molecular weight is 527 g/mol. The van der Waals surface area contributed by atoms with E-state index >= 15 is 0 Å². The molecule has 2 aromatic carbocycles. The number of fused-ring (bicyclic) bond motifs is 1. The number of esters is 1. The molecule has 0 fully saturated rings. The van der Waals surface area contributed by atoms with Crippen molar-refractivity contribution in [2.75, 3.05) is 0 Å². The summed E-state index contributed by atoms with van der Waals surface area (Å²) in [5.74, 6) is -2.49. The third kappa shape index (κ3) is 5.85. The fraction of sp³-hybridized carbons (Fsp3) is 0.357. The molecule has 8 nitrogen and oxygen atoms in total. The van der Waals surface area contributed by atoms with E-state index < -0.39 is 29.3 Å². The highest BCUT2D eigenvalue weighted by atomic mass is 35.5. The largest absolute Gasteiger partial charge is 0.479 e. The highest BCUT2D eigenvalue weighted by Gasteiger charge is 2.45. The summed E-state index contributed by atoms with van der Waals surface area (Å²) in [6.07, 6.45) is 3.32. The quantitative estimate of drug-likeness (QED) is 0.202. The Bertz CT molecular complexity index is 1340. The normalized spacial score (nSPS) is 12.7. The molecule has 0 aliphatic rings. The Balaban J connectivity index is 2.35. The molecule has 2 N–H and O–H groups in total. The highest BCUT2D eigenvalue weighted by Crippen LogP contribution is 2.40. The van der Waals surface area contributed by atoms with Crippen LogP contribution >= 0.6 is 11.6 Å². The van der Waals surface area contributed by atoms with Crippen LogP contribution in [0.15, 0.2) is 42.5 Å². The Kier molecular flexibility index (Phi) is 8.76. The number of aromatic nitrogens is 1. The lowest BCUT2D eigenvalue weighted by Gasteiger charge is -2.31. The van der Waals surface area contributed by atoms with Gasteiger partial charge in [-0.05, 0) is 55.8 Å². The Morgan fingerprint density at radius 2 is 1.70 bits per heavy atom. The van der Waals surface area contributed by atoms with Crippen molar-refractivity contribution in [3.8, 4) is 5.75 Å². The molecule has 0 bridgehead atoms. The van der Waals surface area contributed by atoms with E-state index in [9.17, 15) is 24.3 Å². The van der Waals surface area contributed by atoms with Gasteiger partial charge in [0.1, 0.15) is 5.75 Å². The molecule has 0 radical (unpaired) electrons. The summed E-state index contributed by atoms with van der Waals surface area (Å²) in [6, 6.07) is 11.1. The van der Waals surface area contributed by atoms with Crippen LogP contribution in [0.2, 0.25) is 5.02 Å². The summed E-state index contributed by atoms with van der Waals surface area (Å²) >= 11 is 6.00. The van der Waals surface area contributed by atoms with Crippen LogP contribution in [0.4, 0.5) is 0 Å². The monoisotopic (exact) mass is 526 g/mol. The topological polar surface area (TPSA) is 115 Å². The predicted molar refractivity (Wildman–Crippen MR) is 141 cm³/mol. The van der Waals surface area contributed by atoms with Gasteiger partial charge in [-0.3, -0.25) is 19.0 Å². The summed E-state index contributed by atoms with van der Waals surface area (Å²) in [6.45, 7) is 6.23. The number of amides is 1. The maximum absolute atomic E-state index is 13.7. The van der Waals surface area contributed by atoms with Crippen molar-refractivity contribution in [2.45, 2.75) is 65.3 Å². The minimum atomic E-state index is -1.80. The van der Waals surface area contributed by atoms with Gasteiger partial charge in [0.15, 0.2) is 5.54 Å². The van der Waals surface area contributed by atoms with E-state index in [2.05, 4.69) is 12.2 Å². The van der Waals surface area contributed by atoms with Crippen molar-refractivity contribution >= 4 is 46.3 Å². The minimum Gasteiger partial charge on any atom is -0.479 e. The summed E-state index contributed by atoms with van der Waals surface area (Å²) < 4.78 is 6.70. The standard InChI is InChI=1S/C28H31ClN2O6/c1-5-6-7-8-15-28(27(35)36,30-18(3)32)25-17(2)31(26(34)20-9-11-21(29)12-10-20)24-14-13-22(16-23(24)25)37-19(4)33/h9-14,16H,5-8,15H2,1-4H3,(H,30,32)(H,35,36). The molecule has 1 atom stereocenters. The molecule has 0 aliphatic heterocycles. The molecule has 196 valence electrons. The first-order chi connectivity index (χ1) is 17.5. The number of hydrogen-bond acceptors (Lipinski definition) is 5. The van der Waals surface area contributed by atoms with Gasteiger partial charge in [0.2, 0.25) is 5.91 Å². The summed E-state index contributed by atoms with van der Waals surface area (Å²) in [5, 5.41) is 14.1. The van der Waals surface area contributed by atoms with E-state index in [1.165, 1.54) is 24.5 Å². The van der Waals surface area contributed by atoms with Crippen LogP contribution in [0.25, 0.3) is 10.9 Å². The molecule has 3 rings (SSSR count). The number of carbonyl (C=O) groups excluding carboxylic acids is 3. The number of carboxylic acid groups (broad SMARTS) is 1.